The van der Waals surface area contributed by atoms with E-state index >= 15 is 0 Å². The Balaban J connectivity index is 1.90. The molecule has 0 unspecified atom stereocenters. The second-order valence-corrected chi connectivity index (χ2v) is 6.03. The van der Waals surface area contributed by atoms with Crippen LogP contribution in [-0.2, 0) is 0 Å². The van der Waals surface area contributed by atoms with Gasteiger partial charge in [0.05, 0.1) is 0 Å². The van der Waals surface area contributed by atoms with E-state index in [1.54, 1.807) is 18.2 Å². The summed E-state index contributed by atoms with van der Waals surface area (Å²) in [6.07, 6.45) is 3.24. The predicted molar refractivity (Wildman–Crippen MR) is 99.6 cm³/mol. The molecule has 3 N–H and O–H groups in total. The van der Waals surface area contributed by atoms with E-state index in [0.29, 0.717) is 22.3 Å². The smallest absolute Gasteiger partial charge is 0.261 e. The third-order valence-electron chi connectivity index (χ3n) is 3.40. The third-order valence-corrected chi connectivity index (χ3v) is 3.97. The van der Waals surface area contributed by atoms with Gasteiger partial charge in [0, 0.05) is 23.6 Å². The highest BCUT2D eigenvalue weighted by Gasteiger charge is 2.15. The van der Waals surface area contributed by atoms with E-state index in [9.17, 15) is 14.3 Å². The van der Waals surface area contributed by atoms with Crippen LogP contribution in [0, 0.1) is 5.82 Å². The standard InChI is InChI=1S/C18H15FN4O2S/c1-26-18-20-10-15(17(25)22-12-7-5-11(19)6-8-12)16(23-18)21-13-3-2-4-14(24)9-13/h2-10,24H,1H3,(H,22,25)(H,20,21,23). The van der Waals surface area contributed by atoms with Crippen molar-refractivity contribution in [3.63, 3.8) is 0 Å². The summed E-state index contributed by atoms with van der Waals surface area (Å²) in [5, 5.41) is 15.8. The minimum atomic E-state index is -0.438. The predicted octanol–water partition coefficient (Wildman–Crippen LogP) is 4.04. The maximum Gasteiger partial charge on any atom is 0.261 e. The average Bonchev–Trinajstić information content (AvgIpc) is 2.63. The van der Waals surface area contributed by atoms with Crippen LogP contribution in [-0.4, -0.2) is 27.2 Å². The van der Waals surface area contributed by atoms with Gasteiger partial charge in [-0.3, -0.25) is 4.79 Å². The Morgan fingerprint density at radius 3 is 2.62 bits per heavy atom. The van der Waals surface area contributed by atoms with Crippen molar-refractivity contribution in [3.05, 3.63) is 66.1 Å². The number of carbonyl (C=O) groups excluding carboxylic acids is 1. The van der Waals surface area contributed by atoms with Gasteiger partial charge in [-0.25, -0.2) is 14.4 Å². The Morgan fingerprint density at radius 1 is 1.15 bits per heavy atom. The highest BCUT2D eigenvalue weighted by atomic mass is 32.2. The lowest BCUT2D eigenvalue weighted by Gasteiger charge is -2.12. The monoisotopic (exact) mass is 370 g/mol. The number of thioether (sulfide) groups is 1. The van der Waals surface area contributed by atoms with Gasteiger partial charge in [0.2, 0.25) is 0 Å². The van der Waals surface area contributed by atoms with Crippen LogP contribution in [0.2, 0.25) is 0 Å². The Bertz CT molecular complexity index is 935. The fourth-order valence-corrected chi connectivity index (χ4v) is 2.52. The molecule has 3 rings (SSSR count). The number of benzene rings is 2. The van der Waals surface area contributed by atoms with E-state index in [1.807, 2.05) is 6.26 Å². The van der Waals surface area contributed by atoms with E-state index in [2.05, 4.69) is 20.6 Å². The fraction of sp³-hybridized carbons (Fsp3) is 0.0556. The van der Waals surface area contributed by atoms with E-state index in [4.69, 9.17) is 0 Å². The number of halogens is 1. The lowest BCUT2D eigenvalue weighted by atomic mass is 10.2. The largest absolute Gasteiger partial charge is 0.508 e. The number of phenols is 1. The molecule has 0 saturated carbocycles. The lowest BCUT2D eigenvalue weighted by Crippen LogP contribution is -2.15. The summed E-state index contributed by atoms with van der Waals surface area (Å²) in [6, 6.07) is 11.9. The van der Waals surface area contributed by atoms with Crippen LogP contribution in [0.4, 0.5) is 21.6 Å². The first-order valence-electron chi connectivity index (χ1n) is 7.59. The molecule has 1 heterocycles. The number of rotatable bonds is 5. The molecule has 0 fully saturated rings. The van der Waals surface area contributed by atoms with Crippen molar-refractivity contribution in [2.45, 2.75) is 5.16 Å². The highest BCUT2D eigenvalue weighted by Crippen LogP contribution is 2.24. The molecule has 8 heteroatoms. The third kappa shape index (κ3) is 4.28. The average molecular weight is 370 g/mol. The van der Waals surface area contributed by atoms with E-state index in [0.717, 1.165) is 0 Å². The molecular weight excluding hydrogens is 355 g/mol. The van der Waals surface area contributed by atoms with Crippen molar-refractivity contribution in [2.24, 2.45) is 0 Å². The number of anilines is 3. The summed E-state index contributed by atoms with van der Waals surface area (Å²) in [6.45, 7) is 0. The van der Waals surface area contributed by atoms with Crippen molar-refractivity contribution >= 4 is 34.9 Å². The van der Waals surface area contributed by atoms with Crippen LogP contribution in [0.3, 0.4) is 0 Å². The summed E-state index contributed by atoms with van der Waals surface area (Å²) >= 11 is 1.34. The Labute approximate surface area is 153 Å². The van der Waals surface area contributed by atoms with Crippen LogP contribution in [0.15, 0.2) is 59.9 Å². The summed E-state index contributed by atoms with van der Waals surface area (Å²) < 4.78 is 13.0. The molecule has 0 radical (unpaired) electrons. The van der Waals surface area contributed by atoms with Gasteiger partial charge in [-0.1, -0.05) is 17.8 Å². The molecule has 6 nitrogen and oxygen atoms in total. The minimum absolute atomic E-state index is 0.0893. The number of nitrogens with one attached hydrogen (secondary N) is 2. The summed E-state index contributed by atoms with van der Waals surface area (Å²) in [5.41, 5.74) is 1.25. The topological polar surface area (TPSA) is 87.1 Å². The van der Waals surface area contributed by atoms with Gasteiger partial charge in [-0.15, -0.1) is 0 Å². The second kappa shape index (κ2) is 7.83. The molecule has 1 aromatic heterocycles. The van der Waals surface area contributed by atoms with E-state index < -0.39 is 5.91 Å². The van der Waals surface area contributed by atoms with Crippen molar-refractivity contribution in [1.82, 2.24) is 9.97 Å². The normalized spacial score (nSPS) is 10.4. The Kier molecular flexibility index (Phi) is 5.33. The molecule has 0 saturated heterocycles. The minimum Gasteiger partial charge on any atom is -0.508 e. The van der Waals surface area contributed by atoms with Gasteiger partial charge in [-0.05, 0) is 42.7 Å². The molecule has 0 aliphatic heterocycles. The quantitative estimate of drug-likeness (QED) is 0.464. The van der Waals surface area contributed by atoms with Gasteiger partial charge < -0.3 is 15.7 Å². The first kappa shape index (κ1) is 17.7. The molecule has 132 valence electrons. The molecule has 1 amide bonds. The van der Waals surface area contributed by atoms with Crippen LogP contribution in [0.1, 0.15) is 10.4 Å². The molecule has 0 spiro atoms. The van der Waals surface area contributed by atoms with Gasteiger partial charge in [0.25, 0.3) is 5.91 Å². The van der Waals surface area contributed by atoms with Gasteiger partial charge >= 0.3 is 0 Å². The van der Waals surface area contributed by atoms with Crippen LogP contribution < -0.4 is 10.6 Å². The number of hydrogen-bond donors (Lipinski definition) is 3. The highest BCUT2D eigenvalue weighted by molar-refractivity contribution is 7.98. The first-order chi connectivity index (χ1) is 12.5. The number of hydrogen-bond acceptors (Lipinski definition) is 6. The summed E-state index contributed by atoms with van der Waals surface area (Å²) in [5.74, 6) is -0.435. The zero-order valence-corrected chi connectivity index (χ0v) is 14.5. The van der Waals surface area contributed by atoms with Crippen LogP contribution in [0.25, 0.3) is 0 Å². The zero-order valence-electron chi connectivity index (χ0n) is 13.7. The number of aromatic nitrogens is 2. The molecule has 2 aromatic carbocycles. The van der Waals surface area contributed by atoms with Crippen LogP contribution >= 0.6 is 11.8 Å². The number of aromatic hydroxyl groups is 1. The number of nitrogens with zero attached hydrogens (tertiary/aromatic N) is 2. The molecule has 3 aromatic rings. The van der Waals surface area contributed by atoms with Gasteiger partial charge in [0.1, 0.15) is 22.9 Å². The van der Waals surface area contributed by atoms with Crippen molar-refractivity contribution in [2.75, 3.05) is 16.9 Å². The first-order valence-corrected chi connectivity index (χ1v) is 8.81. The molecule has 26 heavy (non-hydrogen) atoms. The molecule has 0 aliphatic carbocycles. The maximum atomic E-state index is 13.0. The number of carbonyl (C=O) groups is 1. The van der Waals surface area contributed by atoms with Gasteiger partial charge in [0.15, 0.2) is 5.16 Å². The number of phenolic OH excluding ortho intramolecular Hbond substituents is 1. The number of amides is 1. The molecule has 0 atom stereocenters. The van der Waals surface area contributed by atoms with Crippen molar-refractivity contribution < 1.29 is 14.3 Å². The SMILES string of the molecule is CSc1ncc(C(=O)Nc2ccc(F)cc2)c(Nc2cccc(O)c2)n1. The Hall–Kier alpha value is -3.13. The van der Waals surface area contributed by atoms with Gasteiger partial charge in [-0.2, -0.15) is 0 Å². The molecule has 0 aliphatic rings. The van der Waals surface area contributed by atoms with Crippen LogP contribution in [0.5, 0.6) is 5.75 Å². The molecular formula is C18H15FN4O2S. The van der Waals surface area contributed by atoms with E-state index in [1.165, 1.54) is 48.3 Å². The van der Waals surface area contributed by atoms with Crippen molar-refractivity contribution in [3.8, 4) is 5.75 Å². The van der Waals surface area contributed by atoms with Crippen molar-refractivity contribution in [1.29, 1.82) is 0 Å². The summed E-state index contributed by atoms with van der Waals surface area (Å²) in [4.78, 5) is 21.1. The molecule has 0 bridgehead atoms. The van der Waals surface area contributed by atoms with E-state index in [-0.39, 0.29) is 17.1 Å². The maximum absolute atomic E-state index is 13.0. The zero-order chi connectivity index (χ0) is 18.5. The second-order valence-electron chi connectivity index (χ2n) is 5.26. The lowest BCUT2D eigenvalue weighted by molar-refractivity contribution is 0.102. The fourth-order valence-electron chi connectivity index (χ4n) is 2.18. The summed E-state index contributed by atoms with van der Waals surface area (Å²) in [7, 11) is 0. The Morgan fingerprint density at radius 2 is 1.92 bits per heavy atom.